The molecule has 0 saturated carbocycles. The number of rotatable bonds is 9. The molecule has 1 aromatic heterocycles. The Kier molecular flexibility index (Phi) is 8.10. The number of nitrogens with zero attached hydrogens (tertiary/aromatic N) is 1. The molecule has 0 bridgehead atoms. The Labute approximate surface area is 179 Å². The second-order valence-electron chi connectivity index (χ2n) is 6.37. The van der Waals surface area contributed by atoms with Crippen molar-refractivity contribution in [3.05, 3.63) is 45.7 Å². The number of aromatic nitrogens is 1. The number of methoxy groups -OCH3 is 2. The van der Waals surface area contributed by atoms with Crippen LogP contribution < -0.4 is 19.5 Å². The van der Waals surface area contributed by atoms with E-state index in [2.05, 4.69) is 10.3 Å². The lowest BCUT2D eigenvalue weighted by molar-refractivity contribution is -0.123. The molecule has 0 saturated heterocycles. The Balaban J connectivity index is 2.39. The maximum Gasteiger partial charge on any atom is 0.258 e. The number of Topliss-reactive ketones (excluding diaryl/α,β-unsaturated/α-hetero) is 1. The average molecular weight is 441 g/mol. The van der Waals surface area contributed by atoms with Gasteiger partial charge in [-0.15, -0.1) is 0 Å². The fourth-order valence-electron chi connectivity index (χ4n) is 2.63. The minimum Gasteiger partial charge on any atom is -0.493 e. The summed E-state index contributed by atoms with van der Waals surface area (Å²) in [6.07, 6.45) is 2.75. The van der Waals surface area contributed by atoms with E-state index >= 15 is 0 Å². The van der Waals surface area contributed by atoms with Gasteiger partial charge in [0.25, 0.3) is 5.91 Å². The number of carbonyl (C=O) groups is 2. The first-order valence-corrected chi connectivity index (χ1v) is 9.52. The molecule has 0 aliphatic heterocycles. The van der Waals surface area contributed by atoms with Crippen molar-refractivity contribution in [3.8, 4) is 17.2 Å². The lowest BCUT2D eigenvalue weighted by atomic mass is 10.0. The zero-order valence-electron chi connectivity index (χ0n) is 16.5. The predicted molar refractivity (Wildman–Crippen MR) is 111 cm³/mol. The molecule has 29 heavy (non-hydrogen) atoms. The van der Waals surface area contributed by atoms with Crippen LogP contribution in [0, 0.1) is 0 Å². The second-order valence-corrected chi connectivity index (χ2v) is 7.18. The first kappa shape index (κ1) is 22.8. The van der Waals surface area contributed by atoms with E-state index in [1.165, 1.54) is 26.6 Å². The Bertz CT molecular complexity index is 882. The molecule has 1 heterocycles. The Morgan fingerprint density at radius 3 is 2.28 bits per heavy atom. The molecular formula is C20H22Cl2N2O5. The van der Waals surface area contributed by atoms with E-state index in [-0.39, 0.29) is 57.9 Å². The highest BCUT2D eigenvalue weighted by Gasteiger charge is 2.23. The number of ketones is 1. The van der Waals surface area contributed by atoms with Crippen LogP contribution in [0.4, 0.5) is 0 Å². The van der Waals surface area contributed by atoms with Crippen molar-refractivity contribution in [1.29, 1.82) is 0 Å². The van der Waals surface area contributed by atoms with E-state index in [0.29, 0.717) is 11.3 Å². The third kappa shape index (κ3) is 5.74. The average Bonchev–Trinajstić information content (AvgIpc) is 2.67. The highest BCUT2D eigenvalue weighted by atomic mass is 35.5. The molecule has 0 atom stereocenters. The van der Waals surface area contributed by atoms with Gasteiger partial charge >= 0.3 is 0 Å². The number of carbonyl (C=O) groups excluding carboxylic acids is 2. The molecule has 2 rings (SSSR count). The second kappa shape index (κ2) is 10.3. The topological polar surface area (TPSA) is 86.8 Å². The van der Waals surface area contributed by atoms with Gasteiger partial charge in [-0.25, -0.2) is 0 Å². The van der Waals surface area contributed by atoms with Gasteiger partial charge in [-0.05, 0) is 26.0 Å². The standard InChI is InChI=1S/C20H22Cl2N2O5/c1-11(2)24-18(26)10-29-19-12(5-6-17(27-3)20(19)28-4)16(25)7-13-14(21)8-23-9-15(13)22/h5-6,8-9,11H,7,10H2,1-4H3,(H,24,26). The highest BCUT2D eigenvalue weighted by molar-refractivity contribution is 6.36. The third-order valence-corrected chi connectivity index (χ3v) is 4.54. The number of ether oxygens (including phenoxy) is 3. The molecule has 1 N–H and O–H groups in total. The fourth-order valence-corrected chi connectivity index (χ4v) is 3.12. The van der Waals surface area contributed by atoms with Crippen molar-refractivity contribution >= 4 is 34.9 Å². The van der Waals surface area contributed by atoms with Gasteiger partial charge in [-0.1, -0.05) is 23.2 Å². The maximum absolute atomic E-state index is 13.0. The van der Waals surface area contributed by atoms with E-state index in [0.717, 1.165) is 0 Å². The Morgan fingerprint density at radius 1 is 1.07 bits per heavy atom. The van der Waals surface area contributed by atoms with Gasteiger partial charge in [0, 0.05) is 30.4 Å². The summed E-state index contributed by atoms with van der Waals surface area (Å²) in [5.74, 6) is 0.0340. The zero-order valence-corrected chi connectivity index (χ0v) is 18.1. The van der Waals surface area contributed by atoms with Crippen molar-refractivity contribution in [3.63, 3.8) is 0 Å². The van der Waals surface area contributed by atoms with E-state index in [4.69, 9.17) is 37.4 Å². The van der Waals surface area contributed by atoms with Crippen LogP contribution in [0.15, 0.2) is 24.5 Å². The summed E-state index contributed by atoms with van der Waals surface area (Å²) < 4.78 is 16.3. The van der Waals surface area contributed by atoms with Gasteiger partial charge in [0.1, 0.15) is 0 Å². The number of benzene rings is 1. The Hall–Kier alpha value is -2.51. The van der Waals surface area contributed by atoms with Gasteiger partial charge in [0.2, 0.25) is 5.75 Å². The monoisotopic (exact) mass is 440 g/mol. The summed E-state index contributed by atoms with van der Waals surface area (Å²) in [7, 11) is 2.88. The predicted octanol–water partition coefficient (Wildman–Crippen LogP) is 3.73. The molecule has 0 aliphatic rings. The lowest BCUT2D eigenvalue weighted by Crippen LogP contribution is -2.34. The molecule has 156 valence electrons. The quantitative estimate of drug-likeness (QED) is 0.597. The van der Waals surface area contributed by atoms with Crippen LogP contribution in [-0.2, 0) is 11.2 Å². The summed E-state index contributed by atoms with van der Waals surface area (Å²) >= 11 is 12.3. The van der Waals surface area contributed by atoms with Gasteiger partial charge in [0.05, 0.1) is 29.8 Å². The maximum atomic E-state index is 13.0. The van der Waals surface area contributed by atoms with Crippen LogP contribution in [0.1, 0.15) is 29.8 Å². The minimum atomic E-state index is -0.330. The van der Waals surface area contributed by atoms with Crippen molar-refractivity contribution in [2.45, 2.75) is 26.3 Å². The molecule has 2 aromatic rings. The molecule has 0 spiro atoms. The molecule has 1 aromatic carbocycles. The molecule has 0 radical (unpaired) electrons. The van der Waals surface area contributed by atoms with Crippen LogP contribution in [0.25, 0.3) is 0 Å². The highest BCUT2D eigenvalue weighted by Crippen LogP contribution is 2.40. The van der Waals surface area contributed by atoms with E-state index < -0.39 is 0 Å². The first-order valence-electron chi connectivity index (χ1n) is 8.76. The largest absolute Gasteiger partial charge is 0.493 e. The van der Waals surface area contributed by atoms with Crippen molar-refractivity contribution < 1.29 is 23.8 Å². The van der Waals surface area contributed by atoms with Crippen molar-refractivity contribution in [2.24, 2.45) is 0 Å². The van der Waals surface area contributed by atoms with Crippen LogP contribution in [-0.4, -0.2) is 43.5 Å². The summed E-state index contributed by atoms with van der Waals surface area (Å²) in [5.41, 5.74) is 0.663. The van der Waals surface area contributed by atoms with Crippen LogP contribution >= 0.6 is 23.2 Å². The SMILES string of the molecule is COc1ccc(C(=O)Cc2c(Cl)cncc2Cl)c(OCC(=O)NC(C)C)c1OC. The third-order valence-electron chi connectivity index (χ3n) is 3.89. The number of pyridine rings is 1. The Morgan fingerprint density at radius 2 is 1.72 bits per heavy atom. The smallest absolute Gasteiger partial charge is 0.258 e. The molecular weight excluding hydrogens is 419 g/mol. The lowest BCUT2D eigenvalue weighted by Gasteiger charge is -2.17. The summed E-state index contributed by atoms with van der Waals surface area (Å²) in [6.45, 7) is 3.38. The van der Waals surface area contributed by atoms with E-state index in [1.54, 1.807) is 12.1 Å². The van der Waals surface area contributed by atoms with E-state index in [1.807, 2.05) is 13.8 Å². The molecule has 1 amide bonds. The van der Waals surface area contributed by atoms with Gasteiger partial charge in [0.15, 0.2) is 23.9 Å². The molecule has 0 unspecified atom stereocenters. The fraction of sp³-hybridized carbons (Fsp3) is 0.350. The van der Waals surface area contributed by atoms with Crippen LogP contribution in [0.5, 0.6) is 17.2 Å². The van der Waals surface area contributed by atoms with E-state index in [9.17, 15) is 9.59 Å². The molecule has 7 nitrogen and oxygen atoms in total. The number of halogens is 2. The number of hydrogen-bond donors (Lipinski definition) is 1. The number of nitrogens with one attached hydrogen (secondary N) is 1. The summed E-state index contributed by atoms with van der Waals surface area (Å²) in [6, 6.07) is 3.08. The van der Waals surface area contributed by atoms with Gasteiger partial charge in [-0.2, -0.15) is 0 Å². The first-order chi connectivity index (χ1) is 13.8. The van der Waals surface area contributed by atoms with Crippen molar-refractivity contribution in [1.82, 2.24) is 10.3 Å². The molecule has 0 fully saturated rings. The zero-order chi connectivity index (χ0) is 21.6. The number of amides is 1. The minimum absolute atomic E-state index is 0.0459. The van der Waals surface area contributed by atoms with Gasteiger partial charge in [-0.3, -0.25) is 14.6 Å². The van der Waals surface area contributed by atoms with Gasteiger partial charge < -0.3 is 19.5 Å². The van der Waals surface area contributed by atoms with Crippen LogP contribution in [0.3, 0.4) is 0 Å². The normalized spacial score (nSPS) is 10.6. The van der Waals surface area contributed by atoms with Crippen LogP contribution in [0.2, 0.25) is 10.0 Å². The van der Waals surface area contributed by atoms with Crippen molar-refractivity contribution in [2.75, 3.05) is 20.8 Å². The molecule has 9 heteroatoms. The molecule has 0 aliphatic carbocycles. The summed E-state index contributed by atoms with van der Waals surface area (Å²) in [4.78, 5) is 28.9. The number of hydrogen-bond acceptors (Lipinski definition) is 6. The summed E-state index contributed by atoms with van der Waals surface area (Å²) in [5, 5.41) is 3.28.